The first-order chi connectivity index (χ1) is 13.3. The largest absolute Gasteiger partial charge is 0.493 e. The molecule has 0 aliphatic rings. The third-order valence-electron chi connectivity index (χ3n) is 4.38. The number of ether oxygens (including phenoxy) is 1. The van der Waals surface area contributed by atoms with Crippen LogP contribution in [-0.4, -0.2) is 32.8 Å². The summed E-state index contributed by atoms with van der Waals surface area (Å²) >= 11 is 6.12. The van der Waals surface area contributed by atoms with Gasteiger partial charge in [-0.25, -0.2) is 14.6 Å². The fraction of sp³-hybridized carbons (Fsp3) is 0.300. The third-order valence-corrected chi connectivity index (χ3v) is 4.68. The van der Waals surface area contributed by atoms with E-state index < -0.39 is 0 Å². The van der Waals surface area contributed by atoms with Crippen molar-refractivity contribution in [1.82, 2.24) is 19.7 Å². The minimum Gasteiger partial charge on any atom is -0.493 e. The molecule has 1 aromatic carbocycles. The number of carbonyl (C=O) groups is 1. The van der Waals surface area contributed by atoms with E-state index in [1.807, 2.05) is 33.8 Å². The van der Waals surface area contributed by atoms with Crippen LogP contribution in [0, 0.1) is 27.7 Å². The van der Waals surface area contributed by atoms with Crippen molar-refractivity contribution in [2.75, 3.05) is 12.4 Å². The number of para-hydroxylation sites is 1. The molecule has 1 amide bonds. The molecule has 0 unspecified atom stereocenters. The van der Waals surface area contributed by atoms with Crippen LogP contribution in [0.3, 0.4) is 0 Å². The van der Waals surface area contributed by atoms with Crippen LogP contribution < -0.4 is 10.1 Å². The Morgan fingerprint density at radius 2 is 1.86 bits per heavy atom. The first-order valence-corrected chi connectivity index (χ1v) is 9.18. The number of nitrogens with one attached hydrogen (secondary N) is 1. The molecule has 3 aromatic rings. The molecule has 0 atom stereocenters. The van der Waals surface area contributed by atoms with Gasteiger partial charge in [0.1, 0.15) is 0 Å². The van der Waals surface area contributed by atoms with Gasteiger partial charge in [0, 0.05) is 22.6 Å². The molecule has 3 rings (SSSR count). The standard InChI is InChI=1S/C20H22ClN5O2/c1-11-9-12(2)23-20(22-11)26-14(4)15(13(3)25-26)10-18(27)24-17-8-6-7-16(21)19(17)28-5/h6-9H,10H2,1-5H3,(H,24,27). The molecular formula is C20H22ClN5O2. The number of methoxy groups -OCH3 is 1. The lowest BCUT2D eigenvalue weighted by Gasteiger charge is -2.11. The monoisotopic (exact) mass is 399 g/mol. The molecule has 7 nitrogen and oxygen atoms in total. The van der Waals surface area contributed by atoms with Gasteiger partial charge in [-0.1, -0.05) is 17.7 Å². The molecule has 0 fully saturated rings. The Balaban J connectivity index is 1.86. The number of benzene rings is 1. The molecule has 0 saturated carbocycles. The van der Waals surface area contributed by atoms with Crippen molar-refractivity contribution in [3.63, 3.8) is 0 Å². The van der Waals surface area contributed by atoms with Crippen LogP contribution in [0.1, 0.15) is 28.3 Å². The fourth-order valence-corrected chi connectivity index (χ4v) is 3.35. The zero-order valence-electron chi connectivity index (χ0n) is 16.5. The van der Waals surface area contributed by atoms with E-state index in [1.54, 1.807) is 22.9 Å². The average Bonchev–Trinajstić information content (AvgIpc) is 2.89. The fourth-order valence-electron chi connectivity index (χ4n) is 3.10. The minimum absolute atomic E-state index is 0.165. The van der Waals surface area contributed by atoms with E-state index in [4.69, 9.17) is 16.3 Å². The summed E-state index contributed by atoms with van der Waals surface area (Å²) in [4.78, 5) is 21.6. The van der Waals surface area contributed by atoms with Crippen molar-refractivity contribution >= 4 is 23.2 Å². The van der Waals surface area contributed by atoms with Crippen LogP contribution in [0.2, 0.25) is 5.02 Å². The van der Waals surface area contributed by atoms with E-state index in [1.165, 1.54) is 7.11 Å². The second-order valence-corrected chi connectivity index (χ2v) is 6.96. The van der Waals surface area contributed by atoms with Crippen molar-refractivity contribution in [2.45, 2.75) is 34.1 Å². The molecule has 0 aliphatic heterocycles. The molecular weight excluding hydrogens is 378 g/mol. The van der Waals surface area contributed by atoms with Gasteiger partial charge in [-0.05, 0) is 45.9 Å². The summed E-state index contributed by atoms with van der Waals surface area (Å²) in [6, 6.07) is 7.11. The Morgan fingerprint density at radius 1 is 1.18 bits per heavy atom. The highest BCUT2D eigenvalue weighted by molar-refractivity contribution is 6.32. The molecule has 2 heterocycles. The highest BCUT2D eigenvalue weighted by Crippen LogP contribution is 2.32. The maximum absolute atomic E-state index is 12.6. The Hall–Kier alpha value is -2.93. The number of hydrogen-bond donors (Lipinski definition) is 1. The molecule has 0 bridgehead atoms. The van der Waals surface area contributed by atoms with E-state index in [9.17, 15) is 4.79 Å². The van der Waals surface area contributed by atoms with Crippen LogP contribution >= 0.6 is 11.6 Å². The SMILES string of the molecule is COc1c(Cl)cccc1NC(=O)Cc1c(C)nn(-c2nc(C)cc(C)n2)c1C. The molecule has 146 valence electrons. The smallest absolute Gasteiger partial charge is 0.251 e. The van der Waals surface area contributed by atoms with Crippen molar-refractivity contribution in [2.24, 2.45) is 0 Å². The number of anilines is 1. The van der Waals surface area contributed by atoms with E-state index in [-0.39, 0.29) is 12.3 Å². The number of rotatable bonds is 5. The summed E-state index contributed by atoms with van der Waals surface area (Å²) in [5, 5.41) is 7.83. The van der Waals surface area contributed by atoms with Crippen molar-refractivity contribution in [3.05, 3.63) is 57.6 Å². The second-order valence-electron chi connectivity index (χ2n) is 6.56. The Kier molecular flexibility index (Phi) is 5.65. The summed E-state index contributed by atoms with van der Waals surface area (Å²) < 4.78 is 6.96. The average molecular weight is 400 g/mol. The molecule has 2 aromatic heterocycles. The molecule has 8 heteroatoms. The van der Waals surface area contributed by atoms with Gasteiger partial charge in [-0.2, -0.15) is 5.10 Å². The first-order valence-electron chi connectivity index (χ1n) is 8.80. The van der Waals surface area contributed by atoms with Crippen molar-refractivity contribution < 1.29 is 9.53 Å². The first kappa shape index (κ1) is 19.8. The lowest BCUT2D eigenvalue weighted by molar-refractivity contribution is -0.115. The highest BCUT2D eigenvalue weighted by atomic mass is 35.5. The van der Waals surface area contributed by atoms with Gasteiger partial charge in [0.15, 0.2) is 5.75 Å². The normalized spacial score (nSPS) is 10.8. The number of amides is 1. The maximum Gasteiger partial charge on any atom is 0.251 e. The van der Waals surface area contributed by atoms with Crippen molar-refractivity contribution in [1.29, 1.82) is 0 Å². The zero-order chi connectivity index (χ0) is 20.4. The number of aromatic nitrogens is 4. The van der Waals surface area contributed by atoms with E-state index in [0.29, 0.717) is 22.4 Å². The van der Waals surface area contributed by atoms with Crippen LogP contribution in [-0.2, 0) is 11.2 Å². The summed E-state index contributed by atoms with van der Waals surface area (Å²) in [6.45, 7) is 7.60. The molecule has 0 radical (unpaired) electrons. The molecule has 0 aliphatic carbocycles. The van der Waals surface area contributed by atoms with Crippen LogP contribution in [0.4, 0.5) is 5.69 Å². The number of halogens is 1. The second kappa shape index (κ2) is 7.98. The zero-order valence-corrected chi connectivity index (χ0v) is 17.3. The minimum atomic E-state index is -0.187. The Labute approximate surface area is 168 Å². The van der Waals surface area contributed by atoms with Gasteiger partial charge < -0.3 is 10.1 Å². The summed E-state index contributed by atoms with van der Waals surface area (Å²) in [6.07, 6.45) is 0.165. The molecule has 0 saturated heterocycles. The summed E-state index contributed by atoms with van der Waals surface area (Å²) in [5.74, 6) is 0.749. The van der Waals surface area contributed by atoms with Crippen LogP contribution in [0.25, 0.3) is 5.95 Å². The Morgan fingerprint density at radius 3 is 2.50 bits per heavy atom. The number of aryl methyl sites for hydroxylation is 3. The number of nitrogens with zero attached hydrogens (tertiary/aromatic N) is 4. The third kappa shape index (κ3) is 3.99. The van der Waals surface area contributed by atoms with Crippen LogP contribution in [0.5, 0.6) is 5.75 Å². The van der Waals surface area contributed by atoms with Crippen molar-refractivity contribution in [3.8, 4) is 11.7 Å². The van der Waals surface area contributed by atoms with Crippen LogP contribution in [0.15, 0.2) is 24.3 Å². The predicted octanol–water partition coefficient (Wildman–Crippen LogP) is 3.74. The number of carbonyl (C=O) groups excluding carboxylic acids is 1. The quantitative estimate of drug-likeness (QED) is 0.706. The van der Waals surface area contributed by atoms with Gasteiger partial charge in [0.25, 0.3) is 5.95 Å². The summed E-state index contributed by atoms with van der Waals surface area (Å²) in [5.41, 5.74) is 4.68. The van der Waals surface area contributed by atoms with Gasteiger partial charge >= 0.3 is 0 Å². The molecule has 0 spiro atoms. The highest BCUT2D eigenvalue weighted by Gasteiger charge is 2.19. The van der Waals surface area contributed by atoms with Gasteiger partial charge in [-0.3, -0.25) is 4.79 Å². The van der Waals surface area contributed by atoms with E-state index in [2.05, 4.69) is 20.4 Å². The molecule has 1 N–H and O–H groups in total. The Bertz CT molecular complexity index is 1030. The predicted molar refractivity (Wildman–Crippen MR) is 108 cm³/mol. The van der Waals surface area contributed by atoms with Gasteiger partial charge in [0.2, 0.25) is 5.91 Å². The van der Waals surface area contributed by atoms with E-state index in [0.717, 1.165) is 28.3 Å². The topological polar surface area (TPSA) is 81.9 Å². The molecule has 28 heavy (non-hydrogen) atoms. The van der Waals surface area contributed by atoms with E-state index >= 15 is 0 Å². The van der Waals surface area contributed by atoms with Gasteiger partial charge in [-0.15, -0.1) is 0 Å². The lowest BCUT2D eigenvalue weighted by Crippen LogP contribution is -2.16. The maximum atomic E-state index is 12.6. The summed E-state index contributed by atoms with van der Waals surface area (Å²) in [7, 11) is 1.51. The lowest BCUT2D eigenvalue weighted by atomic mass is 10.1. The van der Waals surface area contributed by atoms with Gasteiger partial charge in [0.05, 0.1) is 29.9 Å². The number of hydrogen-bond acceptors (Lipinski definition) is 5.